The maximum Gasteiger partial charge on any atom is 0.161 e. The fourth-order valence-electron chi connectivity index (χ4n) is 2.34. The molecular weight excluding hydrogens is 272 g/mol. The molecule has 0 saturated carbocycles. The van der Waals surface area contributed by atoms with Crippen LogP contribution in [0.15, 0.2) is 18.2 Å². The number of rotatable bonds is 7. The van der Waals surface area contributed by atoms with Gasteiger partial charge in [-0.25, -0.2) is 0 Å². The van der Waals surface area contributed by atoms with Crippen LogP contribution in [0, 0.1) is 0 Å². The molecule has 1 aliphatic rings. The summed E-state index contributed by atoms with van der Waals surface area (Å²) in [6.07, 6.45) is 2.60. The number of nitrogens with two attached hydrogens (primary N) is 1. The second-order valence-corrected chi connectivity index (χ2v) is 5.30. The fourth-order valence-corrected chi connectivity index (χ4v) is 2.47. The summed E-state index contributed by atoms with van der Waals surface area (Å²) in [7, 11) is 0. The van der Waals surface area contributed by atoms with Gasteiger partial charge in [-0.15, -0.1) is 0 Å². The predicted molar refractivity (Wildman–Crippen MR) is 84.7 cm³/mol. The molecule has 0 amide bonds. The first-order valence-corrected chi connectivity index (χ1v) is 7.53. The van der Waals surface area contributed by atoms with Crippen LogP contribution in [0.5, 0.6) is 11.5 Å². The van der Waals surface area contributed by atoms with E-state index in [0.717, 1.165) is 17.9 Å². The van der Waals surface area contributed by atoms with Crippen molar-refractivity contribution in [3.63, 3.8) is 0 Å². The molecule has 4 nitrogen and oxygen atoms in total. The van der Waals surface area contributed by atoms with Gasteiger partial charge < -0.3 is 15.2 Å². The molecule has 0 spiro atoms. The quantitative estimate of drug-likeness (QED) is 0.781. The van der Waals surface area contributed by atoms with Gasteiger partial charge in [-0.3, -0.25) is 4.90 Å². The van der Waals surface area contributed by atoms with Crippen molar-refractivity contribution in [3.05, 3.63) is 23.8 Å². The van der Waals surface area contributed by atoms with Crippen molar-refractivity contribution < 1.29 is 9.47 Å². The Hall–Kier alpha value is -1.33. The minimum absolute atomic E-state index is 0.370. The molecule has 5 heteroatoms. The number of hydrogen-bond acceptors (Lipinski definition) is 4. The number of thiocarbonyl (C=S) groups is 1. The van der Waals surface area contributed by atoms with Crippen LogP contribution in [0.1, 0.15) is 25.3 Å². The first-order valence-electron chi connectivity index (χ1n) is 7.12. The maximum absolute atomic E-state index is 5.84. The Kier molecular flexibility index (Phi) is 5.61. The van der Waals surface area contributed by atoms with E-state index >= 15 is 0 Å². The van der Waals surface area contributed by atoms with E-state index in [1.54, 1.807) is 0 Å². The fraction of sp³-hybridized carbons (Fsp3) is 0.533. The lowest BCUT2D eigenvalue weighted by Gasteiger charge is -2.17. The molecule has 1 aromatic carbocycles. The summed E-state index contributed by atoms with van der Waals surface area (Å²) in [6, 6.07) is 5.59. The lowest BCUT2D eigenvalue weighted by molar-refractivity contribution is 0.226. The summed E-state index contributed by atoms with van der Waals surface area (Å²) in [6.45, 7) is 6.53. The third kappa shape index (κ3) is 4.08. The van der Waals surface area contributed by atoms with Crippen molar-refractivity contribution in [2.45, 2.75) is 19.8 Å². The molecular formula is C15H22N2O2S. The molecule has 0 radical (unpaired) electrons. The standard InChI is InChI=1S/C15H22N2O2S/c1-2-18-14-11-12(15(16)20)5-6-13(14)19-10-9-17-7-3-4-8-17/h5-6,11H,2-4,7-10H2,1H3,(H2,16,20). The summed E-state index contributed by atoms with van der Waals surface area (Å²) < 4.78 is 11.4. The van der Waals surface area contributed by atoms with Crippen LogP contribution in [0.4, 0.5) is 0 Å². The highest BCUT2D eigenvalue weighted by Gasteiger charge is 2.12. The van der Waals surface area contributed by atoms with E-state index in [-0.39, 0.29) is 0 Å². The minimum atomic E-state index is 0.370. The lowest BCUT2D eigenvalue weighted by atomic mass is 10.2. The van der Waals surface area contributed by atoms with E-state index in [1.807, 2.05) is 25.1 Å². The van der Waals surface area contributed by atoms with Crippen molar-refractivity contribution in [2.24, 2.45) is 5.73 Å². The largest absolute Gasteiger partial charge is 0.490 e. The van der Waals surface area contributed by atoms with E-state index in [4.69, 9.17) is 27.4 Å². The van der Waals surface area contributed by atoms with Gasteiger partial charge in [0, 0.05) is 12.1 Å². The predicted octanol–water partition coefficient (Wildman–Crippen LogP) is 2.19. The zero-order chi connectivity index (χ0) is 14.4. The molecule has 20 heavy (non-hydrogen) atoms. The average Bonchev–Trinajstić information content (AvgIpc) is 2.93. The Morgan fingerprint density at radius 1 is 1.25 bits per heavy atom. The number of hydrogen-bond donors (Lipinski definition) is 1. The van der Waals surface area contributed by atoms with Crippen molar-refractivity contribution in [2.75, 3.05) is 32.8 Å². The van der Waals surface area contributed by atoms with E-state index in [1.165, 1.54) is 25.9 Å². The maximum atomic E-state index is 5.84. The summed E-state index contributed by atoms with van der Waals surface area (Å²) in [5.41, 5.74) is 6.44. The van der Waals surface area contributed by atoms with Crippen LogP contribution >= 0.6 is 12.2 Å². The van der Waals surface area contributed by atoms with Gasteiger partial charge in [-0.1, -0.05) is 12.2 Å². The molecule has 0 unspecified atom stereocenters. The van der Waals surface area contributed by atoms with Gasteiger partial charge >= 0.3 is 0 Å². The zero-order valence-corrected chi connectivity index (χ0v) is 12.7. The number of benzene rings is 1. The third-order valence-electron chi connectivity index (χ3n) is 3.39. The number of likely N-dealkylation sites (tertiary alicyclic amines) is 1. The van der Waals surface area contributed by atoms with Crippen LogP contribution in [-0.4, -0.2) is 42.7 Å². The van der Waals surface area contributed by atoms with Gasteiger partial charge in [0.15, 0.2) is 11.5 Å². The minimum Gasteiger partial charge on any atom is -0.490 e. The SMILES string of the molecule is CCOc1cc(C(N)=S)ccc1OCCN1CCCC1. The molecule has 2 rings (SSSR count). The zero-order valence-electron chi connectivity index (χ0n) is 11.9. The normalized spacial score (nSPS) is 15.2. The third-order valence-corrected chi connectivity index (χ3v) is 3.63. The Labute approximate surface area is 125 Å². The van der Waals surface area contributed by atoms with Gasteiger partial charge in [0.25, 0.3) is 0 Å². The van der Waals surface area contributed by atoms with Gasteiger partial charge in [0.2, 0.25) is 0 Å². The van der Waals surface area contributed by atoms with Crippen LogP contribution < -0.4 is 15.2 Å². The molecule has 1 saturated heterocycles. The molecule has 2 N–H and O–H groups in total. The van der Waals surface area contributed by atoms with Crippen LogP contribution in [0.25, 0.3) is 0 Å². The second kappa shape index (κ2) is 7.45. The van der Waals surface area contributed by atoms with E-state index in [2.05, 4.69) is 4.90 Å². The van der Waals surface area contributed by atoms with Crippen molar-refractivity contribution >= 4 is 17.2 Å². The second-order valence-electron chi connectivity index (χ2n) is 4.86. The number of ether oxygens (including phenoxy) is 2. The topological polar surface area (TPSA) is 47.7 Å². The van der Waals surface area contributed by atoms with E-state index in [0.29, 0.717) is 24.0 Å². The number of nitrogens with zero attached hydrogens (tertiary/aromatic N) is 1. The molecule has 1 fully saturated rings. The Bertz CT molecular complexity index is 459. The van der Waals surface area contributed by atoms with E-state index < -0.39 is 0 Å². The smallest absolute Gasteiger partial charge is 0.161 e. The molecule has 0 aliphatic carbocycles. The highest BCUT2D eigenvalue weighted by Crippen LogP contribution is 2.28. The van der Waals surface area contributed by atoms with Crippen LogP contribution in [0.3, 0.4) is 0 Å². The highest BCUT2D eigenvalue weighted by molar-refractivity contribution is 7.80. The van der Waals surface area contributed by atoms with Crippen molar-refractivity contribution in [1.29, 1.82) is 0 Å². The Morgan fingerprint density at radius 2 is 2.00 bits per heavy atom. The first kappa shape index (κ1) is 15.1. The molecule has 1 heterocycles. The summed E-state index contributed by atoms with van der Waals surface area (Å²) in [5.74, 6) is 1.46. The van der Waals surface area contributed by atoms with Gasteiger partial charge in [0.1, 0.15) is 11.6 Å². The van der Waals surface area contributed by atoms with Crippen molar-refractivity contribution in [3.8, 4) is 11.5 Å². The van der Waals surface area contributed by atoms with Gasteiger partial charge in [0.05, 0.1) is 6.61 Å². The molecule has 110 valence electrons. The average molecular weight is 294 g/mol. The molecule has 0 aromatic heterocycles. The van der Waals surface area contributed by atoms with Gasteiger partial charge in [-0.2, -0.15) is 0 Å². The lowest BCUT2D eigenvalue weighted by Crippen LogP contribution is -2.25. The molecule has 0 atom stereocenters. The van der Waals surface area contributed by atoms with Crippen molar-refractivity contribution in [1.82, 2.24) is 4.90 Å². The summed E-state index contributed by atoms with van der Waals surface area (Å²) >= 11 is 4.98. The molecule has 0 bridgehead atoms. The van der Waals surface area contributed by atoms with Crippen LogP contribution in [-0.2, 0) is 0 Å². The Morgan fingerprint density at radius 3 is 2.65 bits per heavy atom. The van der Waals surface area contributed by atoms with Gasteiger partial charge in [-0.05, 0) is 51.1 Å². The van der Waals surface area contributed by atoms with E-state index in [9.17, 15) is 0 Å². The highest BCUT2D eigenvalue weighted by atomic mass is 32.1. The monoisotopic (exact) mass is 294 g/mol. The molecule has 1 aromatic rings. The first-order chi connectivity index (χ1) is 9.70. The Balaban J connectivity index is 1.96. The summed E-state index contributed by atoms with van der Waals surface area (Å²) in [5, 5.41) is 0. The van der Waals surface area contributed by atoms with Crippen LogP contribution in [0.2, 0.25) is 0 Å². The summed E-state index contributed by atoms with van der Waals surface area (Å²) in [4.78, 5) is 2.79. The molecule has 1 aliphatic heterocycles.